The van der Waals surface area contributed by atoms with Crippen LogP contribution in [0.1, 0.15) is 27.6 Å². The van der Waals surface area contributed by atoms with E-state index in [1.807, 2.05) is 31.2 Å². The topological polar surface area (TPSA) is 0 Å². The fourth-order valence-corrected chi connectivity index (χ4v) is 2.58. The van der Waals surface area contributed by atoms with Gasteiger partial charge in [0.05, 0.1) is 5.38 Å². The van der Waals surface area contributed by atoms with Gasteiger partial charge in [-0.1, -0.05) is 34.1 Å². The fourth-order valence-electron chi connectivity index (χ4n) is 1.84. The second-order valence-electron chi connectivity index (χ2n) is 4.41. The van der Waals surface area contributed by atoms with Crippen molar-refractivity contribution in [3.05, 3.63) is 68.9 Å². The third kappa shape index (κ3) is 2.93. The van der Waals surface area contributed by atoms with Crippen molar-refractivity contribution >= 4 is 27.5 Å². The Hall–Kier alpha value is -0.860. The first-order chi connectivity index (χ1) is 8.47. The van der Waals surface area contributed by atoms with E-state index in [0.717, 1.165) is 11.1 Å². The molecule has 0 N–H and O–H groups in total. The number of halogens is 3. The molecule has 2 rings (SSSR count). The van der Waals surface area contributed by atoms with Crippen molar-refractivity contribution in [2.24, 2.45) is 0 Å². The van der Waals surface area contributed by atoms with Crippen LogP contribution in [0.2, 0.25) is 0 Å². The largest absolute Gasteiger partial charge is 0.207 e. The molecule has 0 aromatic heterocycles. The molecule has 0 saturated heterocycles. The molecule has 0 aliphatic heterocycles. The number of benzene rings is 2. The molecule has 1 atom stereocenters. The lowest BCUT2D eigenvalue weighted by molar-refractivity contribution is 0.625. The van der Waals surface area contributed by atoms with E-state index in [-0.39, 0.29) is 11.2 Å². The van der Waals surface area contributed by atoms with E-state index in [4.69, 9.17) is 11.6 Å². The maximum Gasteiger partial charge on any atom is 0.124 e. The Bertz CT molecular complexity index is 560. The van der Waals surface area contributed by atoms with Gasteiger partial charge in [-0.2, -0.15) is 0 Å². The first kappa shape index (κ1) is 13.6. The minimum atomic E-state index is -0.337. The van der Waals surface area contributed by atoms with E-state index in [1.54, 1.807) is 0 Å². The maximum atomic E-state index is 13.4. The van der Waals surface area contributed by atoms with Crippen molar-refractivity contribution < 1.29 is 4.39 Å². The second kappa shape index (κ2) is 5.41. The van der Waals surface area contributed by atoms with Gasteiger partial charge >= 0.3 is 0 Å². The van der Waals surface area contributed by atoms with Crippen molar-refractivity contribution in [3.8, 4) is 0 Å². The molecular weight excluding hydrogens is 315 g/mol. The van der Waals surface area contributed by atoms with E-state index in [2.05, 4.69) is 22.9 Å². The summed E-state index contributed by atoms with van der Waals surface area (Å²) >= 11 is 9.69. The number of alkyl halides is 1. The zero-order chi connectivity index (χ0) is 13.3. The highest BCUT2D eigenvalue weighted by molar-refractivity contribution is 9.10. The summed E-state index contributed by atoms with van der Waals surface area (Å²) in [6.45, 7) is 4.10. The van der Waals surface area contributed by atoms with Gasteiger partial charge in [0.2, 0.25) is 0 Å². The van der Waals surface area contributed by atoms with E-state index in [1.165, 1.54) is 23.3 Å². The normalized spacial score (nSPS) is 12.5. The van der Waals surface area contributed by atoms with Crippen LogP contribution >= 0.6 is 27.5 Å². The van der Waals surface area contributed by atoms with Crippen LogP contribution in [0.5, 0.6) is 0 Å². The molecule has 0 bridgehead atoms. The average Bonchev–Trinajstić information content (AvgIpc) is 2.30. The number of rotatable bonds is 2. The van der Waals surface area contributed by atoms with Crippen LogP contribution in [0.15, 0.2) is 40.9 Å². The summed E-state index contributed by atoms with van der Waals surface area (Å²) in [7, 11) is 0. The van der Waals surface area contributed by atoms with E-state index < -0.39 is 0 Å². The molecule has 0 heterocycles. The van der Waals surface area contributed by atoms with Gasteiger partial charge in [0, 0.05) is 4.47 Å². The molecule has 3 heteroatoms. The highest BCUT2D eigenvalue weighted by Crippen LogP contribution is 2.31. The van der Waals surface area contributed by atoms with Crippen molar-refractivity contribution in [1.82, 2.24) is 0 Å². The monoisotopic (exact) mass is 326 g/mol. The van der Waals surface area contributed by atoms with Crippen LogP contribution in [0.3, 0.4) is 0 Å². The summed E-state index contributed by atoms with van der Waals surface area (Å²) in [6.07, 6.45) is 0. The van der Waals surface area contributed by atoms with Crippen molar-refractivity contribution in [1.29, 1.82) is 0 Å². The van der Waals surface area contributed by atoms with E-state index >= 15 is 0 Å². The SMILES string of the molecule is Cc1ccc(C(Cl)c2cc(F)cc(Br)c2)cc1C. The second-order valence-corrected chi connectivity index (χ2v) is 5.76. The lowest BCUT2D eigenvalue weighted by atomic mass is 10.00. The zero-order valence-electron chi connectivity index (χ0n) is 10.2. The Balaban J connectivity index is 2.40. The maximum absolute atomic E-state index is 13.4. The molecule has 2 aromatic rings. The van der Waals surface area contributed by atoms with Crippen LogP contribution in [-0.4, -0.2) is 0 Å². The highest BCUT2D eigenvalue weighted by atomic mass is 79.9. The molecule has 0 radical (unpaired) electrons. The van der Waals surface area contributed by atoms with Gasteiger partial charge in [-0.15, -0.1) is 11.6 Å². The summed E-state index contributed by atoms with van der Waals surface area (Å²) < 4.78 is 14.1. The number of hydrogen-bond donors (Lipinski definition) is 0. The predicted octanol–water partition coefficient (Wildman–Crippen LogP) is 5.53. The molecular formula is C15H13BrClF. The van der Waals surface area contributed by atoms with E-state index in [9.17, 15) is 4.39 Å². The highest BCUT2D eigenvalue weighted by Gasteiger charge is 2.13. The summed E-state index contributed by atoms with van der Waals surface area (Å²) in [5, 5.41) is -0.337. The lowest BCUT2D eigenvalue weighted by Gasteiger charge is -2.13. The minimum absolute atomic E-state index is 0.283. The summed E-state index contributed by atoms with van der Waals surface area (Å²) in [5.74, 6) is -0.283. The molecule has 0 spiro atoms. The molecule has 0 amide bonds. The third-order valence-corrected chi connectivity index (χ3v) is 3.96. The molecule has 0 fully saturated rings. The third-order valence-electron chi connectivity index (χ3n) is 3.00. The molecule has 0 saturated carbocycles. The minimum Gasteiger partial charge on any atom is -0.207 e. The van der Waals surface area contributed by atoms with Crippen LogP contribution in [0.25, 0.3) is 0 Å². The Kier molecular flexibility index (Phi) is 4.08. The van der Waals surface area contributed by atoms with Crippen LogP contribution in [0.4, 0.5) is 4.39 Å². The zero-order valence-corrected chi connectivity index (χ0v) is 12.5. The van der Waals surface area contributed by atoms with Crippen molar-refractivity contribution in [2.45, 2.75) is 19.2 Å². The molecule has 18 heavy (non-hydrogen) atoms. The van der Waals surface area contributed by atoms with Crippen molar-refractivity contribution in [3.63, 3.8) is 0 Å². The van der Waals surface area contributed by atoms with Crippen LogP contribution in [0, 0.1) is 19.7 Å². The fraction of sp³-hybridized carbons (Fsp3) is 0.200. The quantitative estimate of drug-likeness (QED) is 0.636. The van der Waals surface area contributed by atoms with Gasteiger partial charge in [-0.05, 0) is 54.3 Å². The lowest BCUT2D eigenvalue weighted by Crippen LogP contribution is -1.96. The van der Waals surface area contributed by atoms with Gasteiger partial charge in [0.25, 0.3) is 0 Å². The molecule has 0 aliphatic rings. The van der Waals surface area contributed by atoms with Gasteiger partial charge in [0.1, 0.15) is 5.82 Å². The summed E-state index contributed by atoms with van der Waals surface area (Å²) in [5.41, 5.74) is 4.15. The molecule has 94 valence electrons. The smallest absolute Gasteiger partial charge is 0.124 e. The first-order valence-electron chi connectivity index (χ1n) is 5.64. The van der Waals surface area contributed by atoms with Gasteiger partial charge in [0.15, 0.2) is 0 Å². The molecule has 1 unspecified atom stereocenters. The van der Waals surface area contributed by atoms with Crippen molar-refractivity contribution in [2.75, 3.05) is 0 Å². The predicted molar refractivity (Wildman–Crippen MR) is 77.7 cm³/mol. The number of hydrogen-bond acceptors (Lipinski definition) is 0. The molecule has 0 nitrogen and oxygen atoms in total. The first-order valence-corrected chi connectivity index (χ1v) is 6.87. The Labute approximate surface area is 120 Å². The summed E-state index contributed by atoms with van der Waals surface area (Å²) in [6, 6.07) is 10.8. The van der Waals surface area contributed by atoms with Gasteiger partial charge in [-0.3, -0.25) is 0 Å². The van der Waals surface area contributed by atoms with Crippen LogP contribution in [-0.2, 0) is 0 Å². The van der Waals surface area contributed by atoms with E-state index in [0.29, 0.717) is 4.47 Å². The Morgan fingerprint density at radius 1 is 1.00 bits per heavy atom. The Morgan fingerprint density at radius 2 is 1.72 bits per heavy atom. The standard InChI is InChI=1S/C15H13BrClF/c1-9-3-4-11(5-10(9)2)15(17)12-6-13(16)8-14(18)7-12/h3-8,15H,1-2H3. The molecule has 2 aromatic carbocycles. The van der Waals surface area contributed by atoms with Gasteiger partial charge in [-0.25, -0.2) is 4.39 Å². The average molecular weight is 328 g/mol. The van der Waals surface area contributed by atoms with Crippen LogP contribution < -0.4 is 0 Å². The summed E-state index contributed by atoms with van der Waals surface area (Å²) in [4.78, 5) is 0. The van der Waals surface area contributed by atoms with Gasteiger partial charge < -0.3 is 0 Å². The Morgan fingerprint density at radius 3 is 2.33 bits per heavy atom. The number of aryl methyl sites for hydroxylation is 2. The molecule has 0 aliphatic carbocycles.